The van der Waals surface area contributed by atoms with Crippen LogP contribution in [0.3, 0.4) is 0 Å². The summed E-state index contributed by atoms with van der Waals surface area (Å²) >= 11 is 6.02. The maximum atomic E-state index is 12.1. The van der Waals surface area contributed by atoms with Gasteiger partial charge in [-0.2, -0.15) is 0 Å². The van der Waals surface area contributed by atoms with Crippen molar-refractivity contribution < 1.29 is 14.3 Å². The number of ether oxygens (including phenoxy) is 2. The van der Waals surface area contributed by atoms with Crippen molar-refractivity contribution in [3.63, 3.8) is 0 Å². The molecule has 8 heteroatoms. The second kappa shape index (κ2) is 9.56. The fourth-order valence-electron chi connectivity index (χ4n) is 3.07. The third kappa shape index (κ3) is 5.06. The van der Waals surface area contributed by atoms with Crippen molar-refractivity contribution in [2.24, 2.45) is 0 Å². The molecule has 0 aliphatic carbocycles. The van der Waals surface area contributed by atoms with Crippen LogP contribution in [0.5, 0.6) is 5.75 Å². The van der Waals surface area contributed by atoms with Crippen LogP contribution in [0.4, 0.5) is 11.5 Å². The van der Waals surface area contributed by atoms with Gasteiger partial charge in [0.1, 0.15) is 5.75 Å². The lowest BCUT2D eigenvalue weighted by Crippen LogP contribution is -2.36. The minimum absolute atomic E-state index is 0.125. The Bertz CT molecular complexity index is 990. The van der Waals surface area contributed by atoms with E-state index in [0.29, 0.717) is 29.7 Å². The van der Waals surface area contributed by atoms with Gasteiger partial charge in [-0.3, -0.25) is 4.79 Å². The van der Waals surface area contributed by atoms with Gasteiger partial charge in [0.2, 0.25) is 0 Å². The van der Waals surface area contributed by atoms with E-state index >= 15 is 0 Å². The van der Waals surface area contributed by atoms with Gasteiger partial charge in [-0.1, -0.05) is 35.9 Å². The molecule has 30 heavy (non-hydrogen) atoms. The molecular weight excluding hydrogens is 404 g/mol. The molecule has 1 aliphatic rings. The monoisotopic (exact) mass is 424 g/mol. The Morgan fingerprint density at radius 2 is 1.80 bits per heavy atom. The number of carbonyl (C=O) groups excluding carboxylic acids is 1. The van der Waals surface area contributed by atoms with E-state index in [9.17, 15) is 4.79 Å². The van der Waals surface area contributed by atoms with E-state index in [1.165, 1.54) is 0 Å². The molecule has 2 aromatic carbocycles. The van der Waals surface area contributed by atoms with E-state index in [-0.39, 0.29) is 12.5 Å². The van der Waals surface area contributed by atoms with Crippen LogP contribution in [0.1, 0.15) is 0 Å². The van der Waals surface area contributed by atoms with Gasteiger partial charge in [0.15, 0.2) is 12.4 Å². The van der Waals surface area contributed by atoms with Crippen molar-refractivity contribution in [1.29, 1.82) is 0 Å². The molecule has 154 valence electrons. The zero-order chi connectivity index (χ0) is 20.8. The molecule has 0 radical (unpaired) electrons. The van der Waals surface area contributed by atoms with Crippen LogP contribution in [0.25, 0.3) is 11.3 Å². The maximum Gasteiger partial charge on any atom is 0.262 e. The van der Waals surface area contributed by atoms with Crippen LogP contribution in [-0.2, 0) is 9.53 Å². The predicted octanol–water partition coefficient (Wildman–Crippen LogP) is 3.65. The van der Waals surface area contributed by atoms with E-state index in [2.05, 4.69) is 20.4 Å². The van der Waals surface area contributed by atoms with Crippen LogP contribution in [0.2, 0.25) is 5.02 Å². The number of nitrogens with one attached hydrogen (secondary N) is 1. The SMILES string of the molecule is O=C(COc1ccccc1Cl)Nc1ccc(-c2ccc(N3CCOCC3)nn2)cc1. The van der Waals surface area contributed by atoms with Gasteiger partial charge in [-0.25, -0.2) is 0 Å². The number of hydrogen-bond donors (Lipinski definition) is 1. The zero-order valence-electron chi connectivity index (χ0n) is 16.3. The highest BCUT2D eigenvalue weighted by Crippen LogP contribution is 2.23. The van der Waals surface area contributed by atoms with Crippen LogP contribution >= 0.6 is 11.6 Å². The molecule has 1 amide bonds. The Morgan fingerprint density at radius 1 is 1.03 bits per heavy atom. The molecule has 4 rings (SSSR count). The summed E-state index contributed by atoms with van der Waals surface area (Å²) in [4.78, 5) is 14.3. The lowest BCUT2D eigenvalue weighted by atomic mass is 10.1. The molecule has 0 atom stereocenters. The van der Waals surface area contributed by atoms with Gasteiger partial charge in [0.25, 0.3) is 5.91 Å². The van der Waals surface area contributed by atoms with Crippen molar-refractivity contribution >= 4 is 29.0 Å². The highest BCUT2D eigenvalue weighted by molar-refractivity contribution is 6.32. The summed E-state index contributed by atoms with van der Waals surface area (Å²) in [5.41, 5.74) is 2.36. The normalized spacial score (nSPS) is 13.7. The van der Waals surface area contributed by atoms with Crippen molar-refractivity contribution in [1.82, 2.24) is 10.2 Å². The second-order valence-electron chi connectivity index (χ2n) is 6.72. The summed E-state index contributed by atoms with van der Waals surface area (Å²) in [6.07, 6.45) is 0. The Kier molecular flexibility index (Phi) is 6.41. The van der Waals surface area contributed by atoms with Crippen molar-refractivity contribution in [2.75, 3.05) is 43.1 Å². The molecule has 0 spiro atoms. The lowest BCUT2D eigenvalue weighted by molar-refractivity contribution is -0.118. The van der Waals surface area contributed by atoms with Gasteiger partial charge >= 0.3 is 0 Å². The van der Waals surface area contributed by atoms with Crippen LogP contribution < -0.4 is 15.0 Å². The number of amides is 1. The molecule has 0 saturated carbocycles. The number of morpholine rings is 1. The van der Waals surface area contributed by atoms with Crippen LogP contribution in [0, 0.1) is 0 Å². The third-order valence-electron chi connectivity index (χ3n) is 4.65. The maximum absolute atomic E-state index is 12.1. The Morgan fingerprint density at radius 3 is 2.50 bits per heavy atom. The number of carbonyl (C=O) groups is 1. The highest BCUT2D eigenvalue weighted by atomic mass is 35.5. The number of benzene rings is 2. The van der Waals surface area contributed by atoms with Gasteiger partial charge in [-0.05, 0) is 36.4 Å². The van der Waals surface area contributed by atoms with Crippen molar-refractivity contribution in [3.8, 4) is 17.0 Å². The summed E-state index contributed by atoms with van der Waals surface area (Å²) in [6, 6.07) is 18.4. The van der Waals surface area contributed by atoms with Crippen molar-refractivity contribution in [2.45, 2.75) is 0 Å². The molecule has 1 N–H and O–H groups in total. The topological polar surface area (TPSA) is 76.6 Å². The Labute approximate surface area is 179 Å². The number of hydrogen-bond acceptors (Lipinski definition) is 6. The number of rotatable bonds is 6. The summed E-state index contributed by atoms with van der Waals surface area (Å²) in [6.45, 7) is 2.94. The summed E-state index contributed by atoms with van der Waals surface area (Å²) in [5.74, 6) is 1.06. The average Bonchev–Trinajstić information content (AvgIpc) is 2.80. The minimum atomic E-state index is -0.266. The van der Waals surface area contributed by atoms with E-state index in [4.69, 9.17) is 21.1 Å². The first-order chi connectivity index (χ1) is 14.7. The standard InChI is InChI=1S/C22H21ClN4O3/c23-18-3-1-2-4-20(18)30-15-22(28)24-17-7-5-16(6-8-17)19-9-10-21(26-25-19)27-11-13-29-14-12-27/h1-10H,11-15H2,(H,24,28). The lowest BCUT2D eigenvalue weighted by Gasteiger charge is -2.27. The molecule has 1 fully saturated rings. The first-order valence-corrected chi connectivity index (χ1v) is 10.0. The first-order valence-electron chi connectivity index (χ1n) is 9.63. The molecule has 0 bridgehead atoms. The van der Waals surface area contributed by atoms with Gasteiger partial charge in [0, 0.05) is 24.3 Å². The fourth-order valence-corrected chi connectivity index (χ4v) is 3.26. The molecular formula is C22H21ClN4O3. The van der Waals surface area contributed by atoms with E-state index in [1.54, 1.807) is 24.3 Å². The van der Waals surface area contributed by atoms with Gasteiger partial charge in [0.05, 0.1) is 23.9 Å². The summed E-state index contributed by atoms with van der Waals surface area (Å²) < 4.78 is 10.8. The smallest absolute Gasteiger partial charge is 0.262 e. The average molecular weight is 425 g/mol. The first kappa shape index (κ1) is 20.1. The zero-order valence-corrected chi connectivity index (χ0v) is 17.0. The van der Waals surface area contributed by atoms with E-state index in [0.717, 1.165) is 30.2 Å². The Hall–Kier alpha value is -3.16. The van der Waals surface area contributed by atoms with Gasteiger partial charge in [-0.15, -0.1) is 10.2 Å². The van der Waals surface area contributed by atoms with Gasteiger partial charge < -0.3 is 19.7 Å². The minimum Gasteiger partial charge on any atom is -0.482 e. The van der Waals surface area contributed by atoms with Crippen LogP contribution in [-0.4, -0.2) is 49.0 Å². The quantitative estimate of drug-likeness (QED) is 0.650. The number of halogens is 1. The highest BCUT2D eigenvalue weighted by Gasteiger charge is 2.13. The predicted molar refractivity (Wildman–Crippen MR) is 116 cm³/mol. The number of para-hydroxylation sites is 1. The molecule has 2 heterocycles. The Balaban J connectivity index is 1.33. The largest absolute Gasteiger partial charge is 0.482 e. The molecule has 7 nitrogen and oxygen atoms in total. The second-order valence-corrected chi connectivity index (χ2v) is 7.13. The summed E-state index contributed by atoms with van der Waals surface area (Å²) in [7, 11) is 0. The molecule has 3 aromatic rings. The molecule has 1 saturated heterocycles. The molecule has 1 aromatic heterocycles. The number of aromatic nitrogens is 2. The van der Waals surface area contributed by atoms with E-state index < -0.39 is 0 Å². The fraction of sp³-hybridized carbons (Fsp3) is 0.227. The molecule has 1 aliphatic heterocycles. The summed E-state index contributed by atoms with van der Waals surface area (Å²) in [5, 5.41) is 11.9. The molecule has 0 unspecified atom stereocenters. The van der Waals surface area contributed by atoms with E-state index in [1.807, 2.05) is 36.4 Å². The number of nitrogens with zero attached hydrogens (tertiary/aromatic N) is 3. The van der Waals surface area contributed by atoms with Crippen LogP contribution in [0.15, 0.2) is 60.7 Å². The number of anilines is 2. The van der Waals surface area contributed by atoms with Crippen molar-refractivity contribution in [3.05, 3.63) is 65.7 Å². The third-order valence-corrected chi connectivity index (χ3v) is 4.96.